The first-order valence-electron chi connectivity index (χ1n) is 5.88. The minimum Gasteiger partial charge on any atom is -0.434 e. The average Bonchev–Trinajstić information content (AvgIpc) is 2.83. The molecule has 0 radical (unpaired) electrons. The molecule has 2 aromatic heterocycles. The summed E-state index contributed by atoms with van der Waals surface area (Å²) in [4.78, 5) is 8.58. The Balaban J connectivity index is 2.13. The highest BCUT2D eigenvalue weighted by Gasteiger charge is 2.11. The van der Waals surface area contributed by atoms with Gasteiger partial charge in [0.25, 0.3) is 0 Å². The Labute approximate surface area is 104 Å². The Morgan fingerprint density at radius 1 is 1.11 bits per heavy atom. The fourth-order valence-corrected chi connectivity index (χ4v) is 1.99. The lowest BCUT2D eigenvalue weighted by molar-refractivity contribution is 0.618. The van der Waals surface area contributed by atoms with Crippen LogP contribution in [0.25, 0.3) is 22.7 Å². The SMILES string of the molecule is NCCc1ccccc1-c1nc2ncccc2o1. The molecule has 2 heterocycles. The fourth-order valence-electron chi connectivity index (χ4n) is 1.99. The molecule has 1 aromatic carbocycles. The van der Waals surface area contributed by atoms with Crippen LogP contribution < -0.4 is 5.73 Å². The molecule has 0 unspecified atom stereocenters. The third kappa shape index (κ3) is 1.87. The number of hydrogen-bond donors (Lipinski definition) is 1. The van der Waals surface area contributed by atoms with Gasteiger partial charge in [-0.3, -0.25) is 0 Å². The molecule has 0 aliphatic rings. The van der Waals surface area contributed by atoms with Gasteiger partial charge >= 0.3 is 0 Å². The molecule has 3 aromatic rings. The van der Waals surface area contributed by atoms with E-state index in [0.29, 0.717) is 23.7 Å². The Bertz CT molecular complexity index is 642. The fraction of sp³-hybridized carbons (Fsp3) is 0.143. The lowest BCUT2D eigenvalue weighted by atomic mass is 10.0. The average molecular weight is 239 g/mol. The van der Waals surface area contributed by atoms with Crippen molar-refractivity contribution in [3.05, 3.63) is 48.2 Å². The molecule has 18 heavy (non-hydrogen) atoms. The molecular weight excluding hydrogens is 226 g/mol. The van der Waals surface area contributed by atoms with Crippen LogP contribution in [0.15, 0.2) is 47.0 Å². The molecule has 0 atom stereocenters. The molecule has 3 rings (SSSR count). The number of pyridine rings is 1. The second-order valence-electron chi connectivity index (χ2n) is 4.04. The molecule has 0 amide bonds. The van der Waals surface area contributed by atoms with Crippen LogP contribution in [0.2, 0.25) is 0 Å². The number of nitrogens with two attached hydrogens (primary N) is 1. The monoisotopic (exact) mass is 239 g/mol. The van der Waals surface area contributed by atoms with Crippen molar-refractivity contribution >= 4 is 11.2 Å². The minimum atomic E-state index is 0.604. The summed E-state index contributed by atoms with van der Waals surface area (Å²) in [6, 6.07) is 11.7. The third-order valence-corrected chi connectivity index (χ3v) is 2.83. The van der Waals surface area contributed by atoms with Gasteiger partial charge in [-0.1, -0.05) is 18.2 Å². The summed E-state index contributed by atoms with van der Waals surface area (Å²) in [7, 11) is 0. The zero-order valence-electron chi connectivity index (χ0n) is 9.84. The number of rotatable bonds is 3. The maximum atomic E-state index is 5.73. The van der Waals surface area contributed by atoms with E-state index in [0.717, 1.165) is 17.5 Å². The summed E-state index contributed by atoms with van der Waals surface area (Å²) in [5, 5.41) is 0. The van der Waals surface area contributed by atoms with Crippen LogP contribution in [0.1, 0.15) is 5.56 Å². The smallest absolute Gasteiger partial charge is 0.229 e. The van der Waals surface area contributed by atoms with Crippen molar-refractivity contribution in [1.29, 1.82) is 0 Å². The highest BCUT2D eigenvalue weighted by Crippen LogP contribution is 2.26. The van der Waals surface area contributed by atoms with Crippen LogP contribution in [0.3, 0.4) is 0 Å². The number of benzene rings is 1. The Hall–Kier alpha value is -2.20. The van der Waals surface area contributed by atoms with Gasteiger partial charge in [-0.25, -0.2) is 4.98 Å². The molecule has 0 spiro atoms. The zero-order chi connectivity index (χ0) is 12.4. The molecule has 2 N–H and O–H groups in total. The van der Waals surface area contributed by atoms with Gasteiger partial charge in [0.2, 0.25) is 5.89 Å². The van der Waals surface area contributed by atoms with E-state index >= 15 is 0 Å². The summed E-state index contributed by atoms with van der Waals surface area (Å²) >= 11 is 0. The molecule has 4 heteroatoms. The van der Waals surface area contributed by atoms with E-state index in [9.17, 15) is 0 Å². The first-order chi connectivity index (χ1) is 8.88. The van der Waals surface area contributed by atoms with Crippen molar-refractivity contribution < 1.29 is 4.42 Å². The zero-order valence-corrected chi connectivity index (χ0v) is 9.84. The molecule has 0 saturated heterocycles. The van der Waals surface area contributed by atoms with Gasteiger partial charge in [-0.15, -0.1) is 0 Å². The lowest BCUT2D eigenvalue weighted by Gasteiger charge is -2.03. The summed E-state index contributed by atoms with van der Waals surface area (Å²) in [5.74, 6) is 0.604. The number of oxazole rings is 1. The predicted molar refractivity (Wildman–Crippen MR) is 70.0 cm³/mol. The molecule has 90 valence electrons. The summed E-state index contributed by atoms with van der Waals surface area (Å²) in [6.45, 7) is 0.607. The minimum absolute atomic E-state index is 0.604. The lowest BCUT2D eigenvalue weighted by Crippen LogP contribution is -2.03. The standard InChI is InChI=1S/C14H13N3O/c15-8-7-10-4-1-2-5-11(10)14-17-13-12(18-14)6-3-9-16-13/h1-6,9H,7-8,15H2. The van der Waals surface area contributed by atoms with Crippen molar-refractivity contribution in [3.63, 3.8) is 0 Å². The summed E-state index contributed by atoms with van der Waals surface area (Å²) < 4.78 is 5.73. The van der Waals surface area contributed by atoms with Crippen molar-refractivity contribution in [1.82, 2.24) is 9.97 Å². The van der Waals surface area contributed by atoms with E-state index in [1.54, 1.807) is 6.20 Å². The van der Waals surface area contributed by atoms with E-state index in [-0.39, 0.29) is 0 Å². The van der Waals surface area contributed by atoms with E-state index in [1.165, 1.54) is 0 Å². The van der Waals surface area contributed by atoms with Crippen molar-refractivity contribution in [2.24, 2.45) is 5.73 Å². The van der Waals surface area contributed by atoms with Crippen molar-refractivity contribution in [2.75, 3.05) is 6.54 Å². The number of nitrogens with zero attached hydrogens (tertiary/aromatic N) is 2. The van der Waals surface area contributed by atoms with E-state index in [4.69, 9.17) is 10.2 Å². The third-order valence-electron chi connectivity index (χ3n) is 2.83. The van der Waals surface area contributed by atoms with Gasteiger partial charge in [-0.2, -0.15) is 4.98 Å². The number of hydrogen-bond acceptors (Lipinski definition) is 4. The molecule has 0 saturated carbocycles. The van der Waals surface area contributed by atoms with Crippen LogP contribution in [-0.4, -0.2) is 16.5 Å². The van der Waals surface area contributed by atoms with Crippen molar-refractivity contribution in [2.45, 2.75) is 6.42 Å². The summed E-state index contributed by atoms with van der Waals surface area (Å²) in [6.07, 6.45) is 2.52. The van der Waals surface area contributed by atoms with Gasteiger partial charge in [-0.05, 0) is 36.7 Å². The van der Waals surface area contributed by atoms with E-state index < -0.39 is 0 Å². The van der Waals surface area contributed by atoms with Crippen LogP contribution in [0.5, 0.6) is 0 Å². The van der Waals surface area contributed by atoms with Crippen LogP contribution in [0, 0.1) is 0 Å². The normalized spacial score (nSPS) is 10.9. The highest BCUT2D eigenvalue weighted by atomic mass is 16.3. The second kappa shape index (κ2) is 4.58. The molecule has 4 nitrogen and oxygen atoms in total. The molecule has 0 bridgehead atoms. The predicted octanol–water partition coefficient (Wildman–Crippen LogP) is 2.39. The largest absolute Gasteiger partial charge is 0.434 e. The van der Waals surface area contributed by atoms with Gasteiger partial charge in [0.1, 0.15) is 0 Å². The number of fused-ring (bicyclic) bond motifs is 1. The van der Waals surface area contributed by atoms with Gasteiger partial charge < -0.3 is 10.2 Å². The molecule has 0 aliphatic heterocycles. The van der Waals surface area contributed by atoms with E-state index in [1.807, 2.05) is 36.4 Å². The Morgan fingerprint density at radius 2 is 2.00 bits per heavy atom. The van der Waals surface area contributed by atoms with Gasteiger partial charge in [0, 0.05) is 11.8 Å². The van der Waals surface area contributed by atoms with Gasteiger partial charge in [0.15, 0.2) is 11.2 Å². The topological polar surface area (TPSA) is 64.9 Å². The Morgan fingerprint density at radius 3 is 2.83 bits per heavy atom. The maximum Gasteiger partial charge on any atom is 0.229 e. The maximum absolute atomic E-state index is 5.73. The van der Waals surface area contributed by atoms with Crippen LogP contribution >= 0.6 is 0 Å². The molecule has 0 fully saturated rings. The molecular formula is C14H13N3O. The second-order valence-corrected chi connectivity index (χ2v) is 4.04. The van der Waals surface area contributed by atoms with Crippen molar-refractivity contribution in [3.8, 4) is 11.5 Å². The highest BCUT2D eigenvalue weighted by molar-refractivity contribution is 5.72. The van der Waals surface area contributed by atoms with Crippen LogP contribution in [-0.2, 0) is 6.42 Å². The first kappa shape index (κ1) is 10.9. The Kier molecular flexibility index (Phi) is 2.78. The number of aromatic nitrogens is 2. The van der Waals surface area contributed by atoms with E-state index in [2.05, 4.69) is 9.97 Å². The molecule has 0 aliphatic carbocycles. The first-order valence-corrected chi connectivity index (χ1v) is 5.88. The van der Waals surface area contributed by atoms with Gasteiger partial charge in [0.05, 0.1) is 0 Å². The van der Waals surface area contributed by atoms with Crippen LogP contribution in [0.4, 0.5) is 0 Å². The quantitative estimate of drug-likeness (QED) is 0.762. The summed E-state index contributed by atoms with van der Waals surface area (Å²) in [5.41, 5.74) is 9.09.